The molecule has 0 aliphatic heterocycles. The number of halogens is 2. The third-order valence-corrected chi connectivity index (χ3v) is 3.89. The first-order valence-corrected chi connectivity index (χ1v) is 8.13. The highest BCUT2D eigenvalue weighted by molar-refractivity contribution is 6.31. The highest BCUT2D eigenvalue weighted by Crippen LogP contribution is 2.20. The minimum Gasteiger partial charge on any atom is -0.322 e. The molecule has 0 heterocycles. The van der Waals surface area contributed by atoms with Gasteiger partial charge in [-0.15, -0.1) is 0 Å². The van der Waals surface area contributed by atoms with Crippen molar-refractivity contribution in [2.75, 3.05) is 10.6 Å². The Morgan fingerprint density at radius 2 is 1.35 bits per heavy atom. The Kier molecular flexibility index (Phi) is 5.29. The van der Waals surface area contributed by atoms with Crippen LogP contribution in [-0.4, -0.2) is 11.8 Å². The van der Waals surface area contributed by atoms with E-state index in [4.69, 9.17) is 11.6 Å². The molecular weight excluding hydrogens is 355 g/mol. The minimum atomic E-state index is -0.566. The van der Waals surface area contributed by atoms with Gasteiger partial charge in [0, 0.05) is 22.5 Å². The molecule has 6 heteroatoms. The van der Waals surface area contributed by atoms with Crippen LogP contribution < -0.4 is 10.6 Å². The van der Waals surface area contributed by atoms with Crippen molar-refractivity contribution in [2.24, 2.45) is 0 Å². The SMILES string of the molecule is O=C(Nc1ccccc1)c1cccc(C(=O)Nc2ccc(F)c(Cl)c2)c1. The van der Waals surface area contributed by atoms with Crippen LogP contribution in [0.1, 0.15) is 20.7 Å². The molecule has 26 heavy (non-hydrogen) atoms. The lowest BCUT2D eigenvalue weighted by Gasteiger charge is -2.08. The predicted octanol–water partition coefficient (Wildman–Crippen LogP) is 4.98. The largest absolute Gasteiger partial charge is 0.322 e. The third-order valence-electron chi connectivity index (χ3n) is 3.60. The molecule has 0 radical (unpaired) electrons. The van der Waals surface area contributed by atoms with E-state index in [-0.39, 0.29) is 10.9 Å². The van der Waals surface area contributed by atoms with E-state index in [1.807, 2.05) is 18.2 Å². The van der Waals surface area contributed by atoms with E-state index in [1.165, 1.54) is 24.3 Å². The molecule has 0 saturated carbocycles. The molecule has 0 aliphatic carbocycles. The zero-order valence-corrected chi connectivity index (χ0v) is 14.3. The maximum atomic E-state index is 13.2. The molecule has 4 nitrogen and oxygen atoms in total. The van der Waals surface area contributed by atoms with Crippen LogP contribution in [0.2, 0.25) is 5.02 Å². The average Bonchev–Trinajstić information content (AvgIpc) is 2.65. The van der Waals surface area contributed by atoms with Gasteiger partial charge in [-0.3, -0.25) is 9.59 Å². The second kappa shape index (κ2) is 7.80. The predicted molar refractivity (Wildman–Crippen MR) is 100 cm³/mol. The van der Waals surface area contributed by atoms with Crippen LogP contribution in [0.4, 0.5) is 15.8 Å². The van der Waals surface area contributed by atoms with Gasteiger partial charge in [-0.2, -0.15) is 0 Å². The quantitative estimate of drug-likeness (QED) is 0.682. The fourth-order valence-electron chi connectivity index (χ4n) is 2.30. The molecule has 2 amide bonds. The lowest BCUT2D eigenvalue weighted by atomic mass is 10.1. The van der Waals surface area contributed by atoms with E-state index < -0.39 is 11.7 Å². The fourth-order valence-corrected chi connectivity index (χ4v) is 2.48. The van der Waals surface area contributed by atoms with Gasteiger partial charge in [0.2, 0.25) is 0 Å². The van der Waals surface area contributed by atoms with Crippen molar-refractivity contribution in [2.45, 2.75) is 0 Å². The summed E-state index contributed by atoms with van der Waals surface area (Å²) < 4.78 is 13.2. The molecule has 3 rings (SSSR count). The zero-order chi connectivity index (χ0) is 18.5. The van der Waals surface area contributed by atoms with Crippen LogP contribution in [0.15, 0.2) is 72.8 Å². The Morgan fingerprint density at radius 3 is 1.96 bits per heavy atom. The molecule has 3 aromatic rings. The van der Waals surface area contributed by atoms with Gasteiger partial charge in [-0.1, -0.05) is 35.9 Å². The summed E-state index contributed by atoms with van der Waals surface area (Å²) in [6, 6.07) is 19.2. The molecule has 0 spiro atoms. The number of carbonyl (C=O) groups excluding carboxylic acids is 2. The van der Waals surface area contributed by atoms with Gasteiger partial charge in [0.05, 0.1) is 5.02 Å². The maximum absolute atomic E-state index is 13.2. The molecule has 0 aliphatic rings. The van der Waals surface area contributed by atoms with Crippen molar-refractivity contribution in [1.29, 1.82) is 0 Å². The van der Waals surface area contributed by atoms with Gasteiger partial charge < -0.3 is 10.6 Å². The number of anilines is 2. The molecule has 130 valence electrons. The number of carbonyl (C=O) groups is 2. The van der Waals surface area contributed by atoms with Crippen molar-refractivity contribution in [3.63, 3.8) is 0 Å². The molecule has 0 aromatic heterocycles. The normalized spacial score (nSPS) is 10.2. The molecule has 0 bridgehead atoms. The summed E-state index contributed by atoms with van der Waals surface area (Å²) >= 11 is 5.71. The van der Waals surface area contributed by atoms with Crippen LogP contribution in [0, 0.1) is 5.82 Å². The minimum absolute atomic E-state index is 0.0845. The summed E-state index contributed by atoms with van der Waals surface area (Å²) in [4.78, 5) is 24.7. The summed E-state index contributed by atoms with van der Waals surface area (Å²) in [6.07, 6.45) is 0. The lowest BCUT2D eigenvalue weighted by molar-refractivity contribution is 0.102. The maximum Gasteiger partial charge on any atom is 0.255 e. The van der Waals surface area contributed by atoms with Crippen LogP contribution in [-0.2, 0) is 0 Å². The van der Waals surface area contributed by atoms with Gasteiger partial charge in [-0.05, 0) is 48.5 Å². The van der Waals surface area contributed by atoms with Gasteiger partial charge in [0.1, 0.15) is 5.82 Å². The first-order valence-electron chi connectivity index (χ1n) is 7.76. The Balaban J connectivity index is 1.74. The van der Waals surface area contributed by atoms with Crippen LogP contribution in [0.5, 0.6) is 0 Å². The molecule has 0 saturated heterocycles. The molecule has 0 atom stereocenters. The second-order valence-electron chi connectivity index (χ2n) is 5.48. The van der Waals surface area contributed by atoms with Gasteiger partial charge >= 0.3 is 0 Å². The Bertz CT molecular complexity index is 961. The van der Waals surface area contributed by atoms with Crippen LogP contribution in [0.25, 0.3) is 0 Å². The number of rotatable bonds is 4. The third kappa shape index (κ3) is 4.26. The van der Waals surface area contributed by atoms with E-state index >= 15 is 0 Å². The number of hydrogen-bond donors (Lipinski definition) is 2. The zero-order valence-electron chi connectivity index (χ0n) is 13.5. The number of amides is 2. The van der Waals surface area contributed by atoms with E-state index in [2.05, 4.69) is 10.6 Å². The topological polar surface area (TPSA) is 58.2 Å². The van der Waals surface area contributed by atoms with E-state index in [0.29, 0.717) is 22.5 Å². The van der Waals surface area contributed by atoms with Gasteiger partial charge in [0.15, 0.2) is 0 Å². The Hall–Kier alpha value is -3.18. The van der Waals surface area contributed by atoms with Gasteiger partial charge in [0.25, 0.3) is 11.8 Å². The highest BCUT2D eigenvalue weighted by atomic mass is 35.5. The summed E-state index contributed by atoms with van der Waals surface area (Å²) in [6.45, 7) is 0. The molecule has 0 fully saturated rings. The van der Waals surface area contributed by atoms with Crippen molar-refractivity contribution in [1.82, 2.24) is 0 Å². The first-order chi connectivity index (χ1) is 12.5. The summed E-state index contributed by atoms with van der Waals surface area (Å²) in [7, 11) is 0. The smallest absolute Gasteiger partial charge is 0.255 e. The first kappa shape index (κ1) is 17.6. The van der Waals surface area contributed by atoms with Crippen molar-refractivity contribution in [3.05, 3.63) is 94.8 Å². The lowest BCUT2D eigenvalue weighted by Crippen LogP contribution is -2.15. The summed E-state index contributed by atoms with van der Waals surface area (Å²) in [5, 5.41) is 5.29. The fraction of sp³-hybridized carbons (Fsp3) is 0. The summed E-state index contributed by atoms with van der Waals surface area (Å²) in [5.41, 5.74) is 1.67. The molecular formula is C20H14ClFN2O2. The standard InChI is InChI=1S/C20H14ClFN2O2/c21-17-12-16(9-10-18(17)22)24-20(26)14-6-4-5-13(11-14)19(25)23-15-7-2-1-3-8-15/h1-12H,(H,23,25)(H,24,26). The van der Waals surface area contributed by atoms with E-state index in [9.17, 15) is 14.0 Å². The molecule has 3 aromatic carbocycles. The number of benzene rings is 3. The van der Waals surface area contributed by atoms with E-state index in [0.717, 1.165) is 0 Å². The molecule has 0 unspecified atom stereocenters. The monoisotopic (exact) mass is 368 g/mol. The summed E-state index contributed by atoms with van der Waals surface area (Å²) in [5.74, 6) is -1.32. The number of nitrogens with one attached hydrogen (secondary N) is 2. The van der Waals surface area contributed by atoms with Crippen LogP contribution >= 0.6 is 11.6 Å². The highest BCUT2D eigenvalue weighted by Gasteiger charge is 2.12. The van der Waals surface area contributed by atoms with Gasteiger partial charge in [-0.25, -0.2) is 4.39 Å². The van der Waals surface area contributed by atoms with Crippen molar-refractivity contribution in [3.8, 4) is 0 Å². The second-order valence-corrected chi connectivity index (χ2v) is 5.89. The molecule has 2 N–H and O–H groups in total. The number of hydrogen-bond acceptors (Lipinski definition) is 2. The number of para-hydroxylation sites is 1. The Morgan fingerprint density at radius 1 is 0.731 bits per heavy atom. The Labute approximate surface area is 154 Å². The average molecular weight is 369 g/mol. The van der Waals surface area contributed by atoms with Crippen LogP contribution in [0.3, 0.4) is 0 Å². The van der Waals surface area contributed by atoms with E-state index in [1.54, 1.807) is 30.3 Å². The van der Waals surface area contributed by atoms with Crippen molar-refractivity contribution >= 4 is 34.8 Å². The van der Waals surface area contributed by atoms with Crippen molar-refractivity contribution < 1.29 is 14.0 Å².